The lowest BCUT2D eigenvalue weighted by Gasteiger charge is -2.12. The van der Waals surface area contributed by atoms with Crippen LogP contribution in [0.25, 0.3) is 0 Å². The van der Waals surface area contributed by atoms with Gasteiger partial charge in [0, 0.05) is 29.1 Å². The molecule has 4 nitrogen and oxygen atoms in total. The molecule has 0 unspecified atom stereocenters. The van der Waals surface area contributed by atoms with E-state index < -0.39 is 0 Å². The molecule has 0 saturated heterocycles. The van der Waals surface area contributed by atoms with Crippen LogP contribution in [0, 0.1) is 0 Å². The van der Waals surface area contributed by atoms with Gasteiger partial charge in [0.1, 0.15) is 5.71 Å². The van der Waals surface area contributed by atoms with Gasteiger partial charge in [-0.25, -0.2) is 4.99 Å². The highest BCUT2D eigenvalue weighted by Gasteiger charge is 2.18. The summed E-state index contributed by atoms with van der Waals surface area (Å²) < 4.78 is 0. The maximum Gasteiger partial charge on any atom is 0.154 e. The SMILES string of the molecule is CCc1ccc(C2=Nc3ccc(C(C)C)cc3C(c3ccncc3)=NN2)cc1. The number of nitrogens with zero attached hydrogens (tertiary/aromatic N) is 3. The third-order valence-corrected chi connectivity index (χ3v) is 5.04. The maximum atomic E-state index is 4.92. The monoisotopic (exact) mass is 368 g/mol. The predicted molar refractivity (Wildman–Crippen MR) is 116 cm³/mol. The summed E-state index contributed by atoms with van der Waals surface area (Å²) in [6.45, 7) is 6.55. The van der Waals surface area contributed by atoms with Gasteiger partial charge >= 0.3 is 0 Å². The average molecular weight is 368 g/mol. The molecule has 0 saturated carbocycles. The van der Waals surface area contributed by atoms with Crippen molar-refractivity contribution in [3.05, 3.63) is 94.8 Å². The summed E-state index contributed by atoms with van der Waals surface area (Å²) >= 11 is 0. The first kappa shape index (κ1) is 18.1. The van der Waals surface area contributed by atoms with Crippen LogP contribution in [0.5, 0.6) is 0 Å². The van der Waals surface area contributed by atoms with E-state index >= 15 is 0 Å². The molecule has 0 radical (unpaired) electrons. The highest BCUT2D eigenvalue weighted by Crippen LogP contribution is 2.29. The van der Waals surface area contributed by atoms with Crippen molar-refractivity contribution in [3.8, 4) is 0 Å². The van der Waals surface area contributed by atoms with Crippen LogP contribution in [0.1, 0.15) is 54.5 Å². The molecule has 4 heteroatoms. The first-order chi connectivity index (χ1) is 13.7. The molecule has 1 aromatic heterocycles. The Morgan fingerprint density at radius 2 is 1.64 bits per heavy atom. The van der Waals surface area contributed by atoms with E-state index in [9.17, 15) is 0 Å². The number of hydrogen-bond donors (Lipinski definition) is 1. The molecule has 140 valence electrons. The van der Waals surface area contributed by atoms with E-state index in [1.165, 1.54) is 11.1 Å². The number of aliphatic imine (C=N–C) groups is 1. The number of fused-ring (bicyclic) bond motifs is 1. The quantitative estimate of drug-likeness (QED) is 0.688. The van der Waals surface area contributed by atoms with Crippen LogP contribution in [0.4, 0.5) is 5.69 Å². The van der Waals surface area contributed by atoms with Gasteiger partial charge in [-0.1, -0.05) is 51.1 Å². The first-order valence-corrected chi connectivity index (χ1v) is 9.72. The summed E-state index contributed by atoms with van der Waals surface area (Å²) in [5, 5.41) is 4.74. The number of amidine groups is 1. The van der Waals surface area contributed by atoms with Crippen molar-refractivity contribution in [1.29, 1.82) is 0 Å². The largest absolute Gasteiger partial charge is 0.265 e. The molecule has 0 spiro atoms. The molecule has 0 bridgehead atoms. The Bertz CT molecular complexity index is 1030. The van der Waals surface area contributed by atoms with Crippen LogP contribution >= 0.6 is 0 Å². The van der Waals surface area contributed by atoms with E-state index in [4.69, 9.17) is 10.1 Å². The number of pyridine rings is 1. The standard InChI is InChI=1S/C24H24N4/c1-4-17-5-7-19(8-6-17)24-26-22-10-9-20(16(2)3)15-21(22)23(27-28-24)18-11-13-25-14-12-18/h5-16H,4H2,1-3H3,(H,26,28). The van der Waals surface area contributed by atoms with Gasteiger partial charge < -0.3 is 0 Å². The van der Waals surface area contributed by atoms with Gasteiger partial charge in [0.25, 0.3) is 0 Å². The van der Waals surface area contributed by atoms with Crippen molar-refractivity contribution >= 4 is 17.2 Å². The zero-order valence-electron chi connectivity index (χ0n) is 16.5. The minimum absolute atomic E-state index is 0.435. The van der Waals surface area contributed by atoms with E-state index in [0.29, 0.717) is 5.92 Å². The number of hydrazone groups is 1. The minimum atomic E-state index is 0.435. The highest BCUT2D eigenvalue weighted by molar-refractivity contribution is 6.18. The van der Waals surface area contributed by atoms with E-state index in [-0.39, 0.29) is 0 Å². The zero-order valence-corrected chi connectivity index (χ0v) is 16.5. The highest BCUT2D eigenvalue weighted by atomic mass is 15.3. The Morgan fingerprint density at radius 3 is 2.32 bits per heavy atom. The molecule has 2 heterocycles. The Hall–Kier alpha value is -3.27. The van der Waals surface area contributed by atoms with Gasteiger partial charge in [0.05, 0.1) is 5.69 Å². The second kappa shape index (κ2) is 7.77. The topological polar surface area (TPSA) is 49.6 Å². The van der Waals surface area contributed by atoms with E-state index in [1.54, 1.807) is 12.4 Å². The van der Waals surface area contributed by atoms with Crippen molar-refractivity contribution in [2.24, 2.45) is 10.1 Å². The van der Waals surface area contributed by atoms with Crippen molar-refractivity contribution in [2.75, 3.05) is 0 Å². The Balaban J connectivity index is 1.85. The van der Waals surface area contributed by atoms with Crippen LogP contribution in [0.15, 0.2) is 77.1 Å². The summed E-state index contributed by atoms with van der Waals surface area (Å²) in [5.74, 6) is 1.19. The third-order valence-electron chi connectivity index (χ3n) is 5.04. The summed E-state index contributed by atoms with van der Waals surface area (Å²) in [5.41, 5.74) is 10.6. The van der Waals surface area contributed by atoms with E-state index in [2.05, 4.69) is 73.6 Å². The van der Waals surface area contributed by atoms with Crippen LogP contribution in [0.2, 0.25) is 0 Å². The van der Waals surface area contributed by atoms with Gasteiger partial charge in [0.15, 0.2) is 5.84 Å². The lowest BCUT2D eigenvalue weighted by Crippen LogP contribution is -2.19. The molecule has 28 heavy (non-hydrogen) atoms. The fourth-order valence-corrected chi connectivity index (χ4v) is 3.27. The second-order valence-corrected chi connectivity index (χ2v) is 7.25. The van der Waals surface area contributed by atoms with Crippen molar-refractivity contribution < 1.29 is 0 Å². The lowest BCUT2D eigenvalue weighted by molar-refractivity contribution is 0.866. The molecular weight excluding hydrogens is 344 g/mol. The van der Waals surface area contributed by atoms with Gasteiger partial charge in [0.2, 0.25) is 0 Å². The van der Waals surface area contributed by atoms with E-state index in [0.717, 1.165) is 40.3 Å². The van der Waals surface area contributed by atoms with Crippen molar-refractivity contribution in [3.63, 3.8) is 0 Å². The first-order valence-electron chi connectivity index (χ1n) is 9.72. The molecule has 0 amide bonds. The minimum Gasteiger partial charge on any atom is -0.265 e. The van der Waals surface area contributed by atoms with Crippen LogP contribution < -0.4 is 5.43 Å². The van der Waals surface area contributed by atoms with Gasteiger partial charge in [-0.2, -0.15) is 5.10 Å². The number of rotatable bonds is 4. The van der Waals surface area contributed by atoms with Gasteiger partial charge in [-0.05, 0) is 47.7 Å². The summed E-state index contributed by atoms with van der Waals surface area (Å²) in [4.78, 5) is 9.06. The lowest BCUT2D eigenvalue weighted by atomic mass is 9.95. The molecule has 2 aromatic carbocycles. The maximum absolute atomic E-state index is 4.92. The summed E-state index contributed by atoms with van der Waals surface area (Å²) in [7, 11) is 0. The second-order valence-electron chi connectivity index (χ2n) is 7.25. The molecule has 1 aliphatic heterocycles. The van der Waals surface area contributed by atoms with Crippen molar-refractivity contribution in [2.45, 2.75) is 33.1 Å². The molecular formula is C24H24N4. The Morgan fingerprint density at radius 1 is 0.893 bits per heavy atom. The average Bonchev–Trinajstić information content (AvgIpc) is 2.93. The Labute approximate surface area is 166 Å². The van der Waals surface area contributed by atoms with Crippen LogP contribution in [0.3, 0.4) is 0 Å². The number of aromatic nitrogens is 1. The molecule has 1 N–H and O–H groups in total. The normalized spacial score (nSPS) is 13.3. The molecule has 4 rings (SSSR count). The number of hydrogen-bond acceptors (Lipinski definition) is 4. The van der Waals surface area contributed by atoms with Crippen LogP contribution in [-0.2, 0) is 6.42 Å². The van der Waals surface area contributed by atoms with Crippen LogP contribution in [-0.4, -0.2) is 16.5 Å². The summed E-state index contributed by atoms with van der Waals surface area (Å²) in [6.07, 6.45) is 4.60. The predicted octanol–water partition coefficient (Wildman–Crippen LogP) is 5.20. The zero-order chi connectivity index (χ0) is 19.5. The number of aryl methyl sites for hydroxylation is 1. The number of benzene rings is 2. The smallest absolute Gasteiger partial charge is 0.154 e. The molecule has 0 atom stereocenters. The molecule has 0 fully saturated rings. The molecule has 0 aliphatic carbocycles. The van der Waals surface area contributed by atoms with Crippen molar-refractivity contribution in [1.82, 2.24) is 10.4 Å². The fraction of sp³-hybridized carbons (Fsp3) is 0.208. The van der Waals surface area contributed by atoms with Gasteiger partial charge in [-0.15, -0.1) is 0 Å². The third kappa shape index (κ3) is 3.58. The number of nitrogens with one attached hydrogen (secondary N) is 1. The summed E-state index contributed by atoms with van der Waals surface area (Å²) in [6, 6.07) is 18.9. The molecule has 1 aliphatic rings. The van der Waals surface area contributed by atoms with E-state index in [1.807, 2.05) is 12.1 Å². The fourth-order valence-electron chi connectivity index (χ4n) is 3.27. The Kier molecular flexibility index (Phi) is 5.02. The molecule has 3 aromatic rings. The van der Waals surface area contributed by atoms with Gasteiger partial charge in [-0.3, -0.25) is 10.4 Å².